The highest BCUT2D eigenvalue weighted by Crippen LogP contribution is 2.24. The number of carbonyl (C=O) groups excluding carboxylic acids is 1. The van der Waals surface area contributed by atoms with E-state index in [4.69, 9.17) is 0 Å². The van der Waals surface area contributed by atoms with Crippen molar-refractivity contribution in [3.05, 3.63) is 102 Å². The van der Waals surface area contributed by atoms with Crippen LogP contribution in [0.2, 0.25) is 0 Å². The normalized spacial score (nSPS) is 19.9. The van der Waals surface area contributed by atoms with Crippen LogP contribution in [0.4, 0.5) is 4.39 Å². The lowest BCUT2D eigenvalue weighted by molar-refractivity contribution is -0.123. The second-order valence-corrected chi connectivity index (χ2v) is 6.79. The first-order chi connectivity index (χ1) is 13.7. The van der Waals surface area contributed by atoms with Gasteiger partial charge in [0.2, 0.25) is 5.91 Å². The maximum atomic E-state index is 13.1. The number of rotatable bonds is 5. The average Bonchev–Trinajstić information content (AvgIpc) is 3.24. The minimum absolute atomic E-state index is 0.0543. The van der Waals surface area contributed by atoms with Crippen molar-refractivity contribution in [2.45, 2.75) is 24.5 Å². The molecule has 3 unspecified atom stereocenters. The molecule has 4 rings (SSSR count). The van der Waals surface area contributed by atoms with Crippen LogP contribution in [0.5, 0.6) is 0 Å². The summed E-state index contributed by atoms with van der Waals surface area (Å²) in [4.78, 5) is 17.4. The second kappa shape index (κ2) is 8.29. The van der Waals surface area contributed by atoms with Crippen LogP contribution < -0.4 is 16.2 Å². The Morgan fingerprint density at radius 1 is 1.00 bits per heavy atom. The maximum Gasteiger partial charge on any atom is 0.239 e. The predicted octanol–water partition coefficient (Wildman–Crippen LogP) is 3.03. The number of halogens is 1. The highest BCUT2D eigenvalue weighted by atomic mass is 19.1. The number of hydrazine groups is 1. The van der Waals surface area contributed by atoms with E-state index in [2.05, 4.69) is 21.2 Å². The summed E-state index contributed by atoms with van der Waals surface area (Å²) in [5.41, 5.74) is 8.87. The molecule has 1 saturated heterocycles. The number of benzene rings is 2. The lowest BCUT2D eigenvalue weighted by Crippen LogP contribution is -2.44. The second-order valence-electron chi connectivity index (χ2n) is 6.79. The standard InChI is InChI=1S/C22H21FN4O/c23-17-11-9-15(10-12-17)19-14-20(27-26-19)22(28)25-21(16-6-2-1-3-7-16)18-8-4-5-13-24-18/h1-13,19-21,26-27H,14H2,(H,25,28). The Morgan fingerprint density at radius 3 is 2.46 bits per heavy atom. The highest BCUT2D eigenvalue weighted by Gasteiger charge is 2.31. The first-order valence-corrected chi connectivity index (χ1v) is 9.23. The van der Waals surface area contributed by atoms with E-state index < -0.39 is 6.04 Å². The fraction of sp³-hybridized carbons (Fsp3) is 0.182. The van der Waals surface area contributed by atoms with Crippen molar-refractivity contribution >= 4 is 5.91 Å². The van der Waals surface area contributed by atoms with Crippen molar-refractivity contribution < 1.29 is 9.18 Å². The van der Waals surface area contributed by atoms with Crippen molar-refractivity contribution in [2.75, 3.05) is 0 Å². The number of pyridine rings is 1. The molecule has 142 valence electrons. The summed E-state index contributed by atoms with van der Waals surface area (Å²) in [6.07, 6.45) is 2.29. The molecule has 1 aliphatic rings. The quantitative estimate of drug-likeness (QED) is 0.640. The van der Waals surface area contributed by atoms with E-state index >= 15 is 0 Å². The van der Waals surface area contributed by atoms with Gasteiger partial charge in [-0.3, -0.25) is 9.78 Å². The Labute approximate surface area is 163 Å². The first kappa shape index (κ1) is 18.3. The summed E-state index contributed by atoms with van der Waals surface area (Å²) in [6.45, 7) is 0. The van der Waals surface area contributed by atoms with Crippen LogP contribution in [-0.4, -0.2) is 16.9 Å². The zero-order valence-electron chi connectivity index (χ0n) is 15.2. The van der Waals surface area contributed by atoms with Crippen LogP contribution in [0.25, 0.3) is 0 Å². The van der Waals surface area contributed by atoms with Crippen LogP contribution in [-0.2, 0) is 4.79 Å². The molecule has 1 aromatic heterocycles. The number of carbonyl (C=O) groups is 1. The van der Waals surface area contributed by atoms with E-state index in [0.717, 1.165) is 16.8 Å². The van der Waals surface area contributed by atoms with Gasteiger partial charge in [-0.05, 0) is 41.8 Å². The summed E-state index contributed by atoms with van der Waals surface area (Å²) in [5.74, 6) is -0.387. The molecule has 3 N–H and O–H groups in total. The van der Waals surface area contributed by atoms with Gasteiger partial charge in [-0.15, -0.1) is 0 Å². The third-order valence-electron chi connectivity index (χ3n) is 4.90. The van der Waals surface area contributed by atoms with E-state index in [1.165, 1.54) is 12.1 Å². The highest BCUT2D eigenvalue weighted by molar-refractivity contribution is 5.83. The molecule has 1 aliphatic heterocycles. The third-order valence-corrected chi connectivity index (χ3v) is 4.90. The van der Waals surface area contributed by atoms with Gasteiger partial charge >= 0.3 is 0 Å². The van der Waals surface area contributed by atoms with Crippen molar-refractivity contribution in [3.8, 4) is 0 Å². The van der Waals surface area contributed by atoms with E-state index in [1.807, 2.05) is 48.5 Å². The zero-order valence-corrected chi connectivity index (χ0v) is 15.2. The molecule has 0 spiro atoms. The number of hydrogen-bond donors (Lipinski definition) is 3. The molecule has 3 atom stereocenters. The van der Waals surface area contributed by atoms with Gasteiger partial charge < -0.3 is 5.32 Å². The predicted molar refractivity (Wildman–Crippen MR) is 104 cm³/mol. The number of hydrogen-bond acceptors (Lipinski definition) is 4. The summed E-state index contributed by atoms with van der Waals surface area (Å²) in [6, 6.07) is 21.0. The minimum atomic E-state index is -0.398. The van der Waals surface area contributed by atoms with E-state index in [0.29, 0.717) is 6.42 Å². The summed E-state index contributed by atoms with van der Waals surface area (Å²) < 4.78 is 13.1. The molecule has 2 heterocycles. The van der Waals surface area contributed by atoms with E-state index in [1.54, 1.807) is 18.3 Å². The molecule has 5 nitrogen and oxygen atoms in total. The monoisotopic (exact) mass is 376 g/mol. The lowest BCUT2D eigenvalue weighted by atomic mass is 10.00. The zero-order chi connectivity index (χ0) is 19.3. The number of nitrogens with zero attached hydrogens (tertiary/aromatic N) is 1. The van der Waals surface area contributed by atoms with Crippen LogP contribution in [0.15, 0.2) is 79.0 Å². The largest absolute Gasteiger partial charge is 0.342 e. The number of aromatic nitrogens is 1. The molecule has 0 aliphatic carbocycles. The van der Waals surface area contributed by atoms with E-state index in [-0.39, 0.29) is 23.8 Å². The van der Waals surface area contributed by atoms with Crippen LogP contribution in [0.3, 0.4) is 0 Å². The Balaban J connectivity index is 1.48. The van der Waals surface area contributed by atoms with Crippen LogP contribution >= 0.6 is 0 Å². The van der Waals surface area contributed by atoms with Gasteiger partial charge in [0.1, 0.15) is 11.9 Å². The van der Waals surface area contributed by atoms with Gasteiger partial charge in [-0.25, -0.2) is 15.2 Å². The molecular formula is C22H21FN4O. The molecular weight excluding hydrogens is 355 g/mol. The molecule has 3 aromatic rings. The smallest absolute Gasteiger partial charge is 0.239 e. The van der Waals surface area contributed by atoms with E-state index in [9.17, 15) is 9.18 Å². The molecule has 0 radical (unpaired) electrons. The first-order valence-electron chi connectivity index (χ1n) is 9.23. The van der Waals surface area contributed by atoms with Gasteiger partial charge in [0.05, 0.1) is 11.7 Å². The summed E-state index contributed by atoms with van der Waals surface area (Å²) >= 11 is 0. The van der Waals surface area contributed by atoms with Crippen molar-refractivity contribution in [1.82, 2.24) is 21.2 Å². The molecule has 28 heavy (non-hydrogen) atoms. The maximum absolute atomic E-state index is 13.1. The molecule has 1 fully saturated rings. The molecule has 0 saturated carbocycles. The van der Waals surface area contributed by atoms with Crippen molar-refractivity contribution in [3.63, 3.8) is 0 Å². The third kappa shape index (κ3) is 4.08. The molecule has 2 aromatic carbocycles. The number of nitrogens with one attached hydrogen (secondary N) is 3. The van der Waals surface area contributed by atoms with Crippen molar-refractivity contribution in [1.29, 1.82) is 0 Å². The Hall–Kier alpha value is -3.09. The van der Waals surface area contributed by atoms with Crippen molar-refractivity contribution in [2.24, 2.45) is 0 Å². The van der Waals surface area contributed by atoms with Gasteiger partial charge in [0, 0.05) is 12.2 Å². The fourth-order valence-electron chi connectivity index (χ4n) is 3.40. The fourth-order valence-corrected chi connectivity index (χ4v) is 3.40. The van der Waals surface area contributed by atoms with Gasteiger partial charge in [0.15, 0.2) is 0 Å². The Bertz CT molecular complexity index is 879. The lowest BCUT2D eigenvalue weighted by Gasteiger charge is -2.21. The SMILES string of the molecule is O=C(NC(c1ccccc1)c1ccccn1)C1CC(c2ccc(F)cc2)NN1. The van der Waals surface area contributed by atoms with Gasteiger partial charge in [-0.2, -0.15) is 0 Å². The average molecular weight is 376 g/mol. The number of amides is 1. The minimum Gasteiger partial charge on any atom is -0.342 e. The summed E-state index contributed by atoms with van der Waals surface area (Å²) in [7, 11) is 0. The van der Waals surface area contributed by atoms with Crippen LogP contribution in [0.1, 0.15) is 35.3 Å². The Kier molecular flexibility index (Phi) is 5.41. The van der Waals surface area contributed by atoms with Crippen LogP contribution in [0, 0.1) is 5.82 Å². The van der Waals surface area contributed by atoms with Gasteiger partial charge in [-0.1, -0.05) is 48.5 Å². The molecule has 6 heteroatoms. The topological polar surface area (TPSA) is 66.0 Å². The molecule has 1 amide bonds. The Morgan fingerprint density at radius 2 is 1.75 bits per heavy atom. The van der Waals surface area contributed by atoms with Gasteiger partial charge in [0.25, 0.3) is 0 Å². The summed E-state index contributed by atoms with van der Waals surface area (Å²) in [5, 5.41) is 3.11. The molecule has 0 bridgehead atoms.